The van der Waals surface area contributed by atoms with E-state index in [9.17, 15) is 8.42 Å². The molecule has 1 aliphatic rings. The first-order chi connectivity index (χ1) is 17.7. The number of thiophene rings is 1. The Bertz CT molecular complexity index is 1490. The molecule has 1 N–H and O–H groups in total. The highest BCUT2D eigenvalue weighted by Gasteiger charge is 2.23. The van der Waals surface area contributed by atoms with Crippen molar-refractivity contribution in [3.8, 4) is 16.9 Å². The smallest absolute Gasteiger partial charge is 0.241 e. The van der Waals surface area contributed by atoms with Gasteiger partial charge in [-0.15, -0.1) is 16.4 Å². The first-order valence-corrected chi connectivity index (χ1v) is 14.5. The lowest BCUT2D eigenvalue weighted by Crippen LogP contribution is -2.40. The van der Waals surface area contributed by atoms with Crippen molar-refractivity contribution in [2.45, 2.75) is 37.6 Å². The summed E-state index contributed by atoms with van der Waals surface area (Å²) >= 11 is 1.55. The monoisotopic (exact) mass is 538 g/mol. The summed E-state index contributed by atoms with van der Waals surface area (Å²) in [6, 6.07) is 14.9. The van der Waals surface area contributed by atoms with Gasteiger partial charge in [0.15, 0.2) is 0 Å². The normalized spacial score (nSPS) is 15.2. The van der Waals surface area contributed by atoms with Crippen LogP contribution in [0.1, 0.15) is 32.2 Å². The highest BCUT2D eigenvalue weighted by molar-refractivity contribution is 7.89. The molecule has 0 amide bonds. The standard InChI is InChI=1S/C27H30N4O4S2/c1-27(2,3)30-37(32,33)22-6-4-5-20(16-22)23-18-36-24-17-28-25(29-26(23)24)15-19-7-9-21(10-8-19)35-31-11-13-34-14-12-31/h4-10,16-18,30H,11-15H2,1-3H3. The molecule has 0 aliphatic carbocycles. The highest BCUT2D eigenvalue weighted by atomic mass is 32.2. The number of fused-ring (bicyclic) bond motifs is 1. The summed E-state index contributed by atoms with van der Waals surface area (Å²) < 4.78 is 34.8. The van der Waals surface area contributed by atoms with E-state index in [0.29, 0.717) is 25.5 Å². The molecule has 0 saturated carbocycles. The van der Waals surface area contributed by atoms with Crippen LogP contribution in [0, 0.1) is 0 Å². The van der Waals surface area contributed by atoms with Gasteiger partial charge in [0.1, 0.15) is 11.6 Å². The lowest BCUT2D eigenvalue weighted by molar-refractivity contribution is -0.118. The van der Waals surface area contributed by atoms with Gasteiger partial charge in [0, 0.05) is 29.1 Å². The molecule has 0 atom stereocenters. The predicted octanol–water partition coefficient (Wildman–Crippen LogP) is 4.65. The average Bonchev–Trinajstić information content (AvgIpc) is 3.28. The Hall–Kier alpha value is -2.89. The van der Waals surface area contributed by atoms with Gasteiger partial charge in [0.2, 0.25) is 10.0 Å². The van der Waals surface area contributed by atoms with Crippen LogP contribution >= 0.6 is 11.3 Å². The number of hydrogen-bond donors (Lipinski definition) is 1. The van der Waals surface area contributed by atoms with Gasteiger partial charge in [0.05, 0.1) is 41.4 Å². The lowest BCUT2D eigenvalue weighted by Gasteiger charge is -2.26. The number of hydrogen-bond acceptors (Lipinski definition) is 8. The van der Waals surface area contributed by atoms with Gasteiger partial charge in [-0.25, -0.2) is 23.1 Å². The summed E-state index contributed by atoms with van der Waals surface area (Å²) in [6.45, 7) is 8.33. The van der Waals surface area contributed by atoms with E-state index in [0.717, 1.165) is 45.7 Å². The molecule has 0 radical (unpaired) electrons. The zero-order valence-electron chi connectivity index (χ0n) is 21.1. The number of hydroxylamine groups is 2. The summed E-state index contributed by atoms with van der Waals surface area (Å²) in [7, 11) is -3.65. The number of benzene rings is 2. The van der Waals surface area contributed by atoms with Gasteiger partial charge in [-0.1, -0.05) is 24.3 Å². The van der Waals surface area contributed by atoms with Gasteiger partial charge in [-0.3, -0.25) is 0 Å². The molecule has 1 fully saturated rings. The van der Waals surface area contributed by atoms with Crippen LogP contribution in [0.15, 0.2) is 65.0 Å². The van der Waals surface area contributed by atoms with E-state index in [-0.39, 0.29) is 4.90 Å². The Morgan fingerprint density at radius 1 is 1.11 bits per heavy atom. The minimum atomic E-state index is -3.65. The van der Waals surface area contributed by atoms with Crippen LogP contribution in [-0.2, 0) is 21.2 Å². The fourth-order valence-corrected chi connectivity index (χ4v) is 6.42. The molecule has 37 heavy (non-hydrogen) atoms. The third-order valence-corrected chi connectivity index (χ3v) is 8.41. The lowest BCUT2D eigenvalue weighted by atomic mass is 10.1. The second kappa shape index (κ2) is 10.5. The van der Waals surface area contributed by atoms with Crippen LogP contribution in [0.25, 0.3) is 21.3 Å². The molecule has 2 aromatic carbocycles. The summed E-state index contributed by atoms with van der Waals surface area (Å²) in [4.78, 5) is 15.6. The maximum atomic E-state index is 12.9. The Balaban J connectivity index is 1.36. The fraction of sp³-hybridized carbons (Fsp3) is 0.333. The SMILES string of the molecule is CC(C)(C)NS(=O)(=O)c1cccc(-c2csc3cnc(Cc4ccc(ON5CCOCC5)cc4)nc23)c1. The molecule has 4 aromatic rings. The second-order valence-corrected chi connectivity index (χ2v) is 12.6. The first-order valence-electron chi connectivity index (χ1n) is 12.1. The van der Waals surface area contributed by atoms with Crippen molar-refractivity contribution in [1.82, 2.24) is 19.8 Å². The molecule has 1 aliphatic heterocycles. The molecule has 0 bridgehead atoms. The van der Waals surface area contributed by atoms with Crippen molar-refractivity contribution in [1.29, 1.82) is 0 Å². The quantitative estimate of drug-likeness (QED) is 0.366. The maximum absolute atomic E-state index is 12.9. The van der Waals surface area contributed by atoms with Crippen LogP contribution in [0.4, 0.5) is 0 Å². The average molecular weight is 539 g/mol. The molecule has 1 saturated heterocycles. The van der Waals surface area contributed by atoms with Gasteiger partial charge >= 0.3 is 0 Å². The molecule has 10 heteroatoms. The van der Waals surface area contributed by atoms with E-state index in [2.05, 4.69) is 9.71 Å². The van der Waals surface area contributed by atoms with Crippen molar-refractivity contribution in [2.24, 2.45) is 0 Å². The molecule has 3 heterocycles. The topological polar surface area (TPSA) is 93.7 Å². The molecule has 2 aromatic heterocycles. The van der Waals surface area contributed by atoms with Gasteiger partial charge in [0.25, 0.3) is 0 Å². The van der Waals surface area contributed by atoms with Crippen molar-refractivity contribution in [2.75, 3.05) is 26.3 Å². The van der Waals surface area contributed by atoms with Crippen molar-refractivity contribution >= 4 is 31.6 Å². The minimum Gasteiger partial charge on any atom is -0.406 e. The zero-order valence-corrected chi connectivity index (χ0v) is 22.7. The molecule has 0 spiro atoms. The largest absolute Gasteiger partial charge is 0.406 e. The Kier molecular flexibility index (Phi) is 7.28. The van der Waals surface area contributed by atoms with Gasteiger partial charge < -0.3 is 9.57 Å². The Morgan fingerprint density at radius 3 is 2.59 bits per heavy atom. The summed E-state index contributed by atoms with van der Waals surface area (Å²) in [6.07, 6.45) is 2.41. The van der Waals surface area contributed by atoms with Crippen LogP contribution in [-0.4, -0.2) is 55.3 Å². The third kappa shape index (κ3) is 6.34. The number of morpholine rings is 1. The van der Waals surface area contributed by atoms with E-state index in [1.165, 1.54) is 0 Å². The molecule has 5 rings (SSSR count). The Labute approximate surface area is 221 Å². The third-order valence-electron chi connectivity index (χ3n) is 5.75. The van der Waals surface area contributed by atoms with E-state index < -0.39 is 15.6 Å². The van der Waals surface area contributed by atoms with Crippen LogP contribution in [0.5, 0.6) is 5.75 Å². The Morgan fingerprint density at radius 2 is 1.86 bits per heavy atom. The van der Waals surface area contributed by atoms with Crippen LogP contribution in [0.2, 0.25) is 0 Å². The van der Waals surface area contributed by atoms with E-state index in [1.807, 2.05) is 67.7 Å². The summed E-state index contributed by atoms with van der Waals surface area (Å²) in [5.41, 5.74) is 3.02. The van der Waals surface area contributed by atoms with E-state index >= 15 is 0 Å². The molecule has 0 unspecified atom stereocenters. The number of nitrogens with one attached hydrogen (secondary N) is 1. The maximum Gasteiger partial charge on any atom is 0.241 e. The van der Waals surface area contributed by atoms with Crippen molar-refractivity contribution in [3.63, 3.8) is 0 Å². The molecule has 8 nitrogen and oxygen atoms in total. The molecular formula is C27H30N4O4S2. The zero-order chi connectivity index (χ0) is 26.0. The van der Waals surface area contributed by atoms with E-state index in [4.69, 9.17) is 14.6 Å². The van der Waals surface area contributed by atoms with Crippen LogP contribution in [0.3, 0.4) is 0 Å². The minimum absolute atomic E-state index is 0.230. The first kappa shape index (κ1) is 25.7. The summed E-state index contributed by atoms with van der Waals surface area (Å²) in [5, 5.41) is 3.91. The second-order valence-electron chi connectivity index (χ2n) is 9.99. The number of rotatable bonds is 7. The number of ether oxygens (including phenoxy) is 1. The highest BCUT2D eigenvalue weighted by Crippen LogP contribution is 2.33. The molecular weight excluding hydrogens is 508 g/mol. The number of aromatic nitrogens is 2. The summed E-state index contributed by atoms with van der Waals surface area (Å²) in [5.74, 6) is 1.49. The van der Waals surface area contributed by atoms with E-state index in [1.54, 1.807) is 29.5 Å². The number of nitrogens with zero attached hydrogens (tertiary/aromatic N) is 3. The predicted molar refractivity (Wildman–Crippen MR) is 145 cm³/mol. The van der Waals surface area contributed by atoms with Crippen molar-refractivity contribution < 1.29 is 18.0 Å². The molecule has 194 valence electrons. The fourth-order valence-electron chi connectivity index (χ4n) is 4.09. The van der Waals surface area contributed by atoms with Crippen LogP contribution < -0.4 is 9.56 Å². The van der Waals surface area contributed by atoms with Gasteiger partial charge in [-0.05, 0) is 56.2 Å². The van der Waals surface area contributed by atoms with Gasteiger partial charge in [-0.2, -0.15) is 0 Å². The number of sulfonamides is 1. The van der Waals surface area contributed by atoms with Crippen molar-refractivity contribution in [3.05, 3.63) is 71.5 Å².